The molecule has 0 aliphatic carbocycles. The summed E-state index contributed by atoms with van der Waals surface area (Å²) in [5.41, 5.74) is 5.52. The summed E-state index contributed by atoms with van der Waals surface area (Å²) in [6.07, 6.45) is -2.87. The van der Waals surface area contributed by atoms with E-state index < -0.39 is 11.7 Å². The fraction of sp³-hybridized carbons (Fsp3) is 0.125. The maximum absolute atomic E-state index is 13.2. The highest BCUT2D eigenvalue weighted by atomic mass is 19.4. The van der Waals surface area contributed by atoms with E-state index in [1.54, 1.807) is 12.3 Å². The number of aromatic nitrogens is 2. The summed E-state index contributed by atoms with van der Waals surface area (Å²) in [5, 5.41) is 9.45. The van der Waals surface area contributed by atoms with Crippen molar-refractivity contribution in [1.29, 1.82) is 0 Å². The Morgan fingerprint density at radius 1 is 1.05 bits per heavy atom. The molecule has 1 heterocycles. The maximum Gasteiger partial charge on any atom is 0.416 e. The molecule has 0 aliphatic rings. The molecule has 0 radical (unpaired) electrons. The largest absolute Gasteiger partial charge is 0.416 e. The molecule has 112 valence electrons. The molecule has 1 aromatic heterocycles. The number of benzene rings is 2. The molecule has 0 saturated carbocycles. The molecular weight excluding hydrogens is 291 g/mol. The van der Waals surface area contributed by atoms with Crippen molar-refractivity contribution in [2.45, 2.75) is 12.7 Å². The fourth-order valence-corrected chi connectivity index (χ4v) is 2.41. The topological polar surface area (TPSA) is 51.8 Å². The lowest BCUT2D eigenvalue weighted by atomic mass is 9.99. The first kappa shape index (κ1) is 14.5. The van der Waals surface area contributed by atoms with Crippen molar-refractivity contribution in [3.05, 3.63) is 59.8 Å². The van der Waals surface area contributed by atoms with Crippen molar-refractivity contribution in [3.63, 3.8) is 0 Å². The van der Waals surface area contributed by atoms with Gasteiger partial charge in [-0.15, -0.1) is 5.10 Å². The molecular formula is C16H12F3N3. The first-order valence-electron chi connectivity index (χ1n) is 6.61. The van der Waals surface area contributed by atoms with Crippen LogP contribution in [0.1, 0.15) is 11.1 Å². The maximum atomic E-state index is 13.2. The molecule has 0 bridgehead atoms. The first-order valence-corrected chi connectivity index (χ1v) is 6.61. The molecule has 0 unspecified atom stereocenters. The summed E-state index contributed by atoms with van der Waals surface area (Å²) in [5.74, 6) is 0. The van der Waals surface area contributed by atoms with Crippen molar-refractivity contribution in [3.8, 4) is 11.3 Å². The van der Waals surface area contributed by atoms with Crippen LogP contribution < -0.4 is 5.73 Å². The lowest BCUT2D eigenvalue weighted by Gasteiger charge is -2.13. The second-order valence-corrected chi connectivity index (χ2v) is 4.85. The second-order valence-electron chi connectivity index (χ2n) is 4.85. The number of nitrogens with zero attached hydrogens (tertiary/aromatic N) is 2. The molecule has 3 nitrogen and oxygen atoms in total. The highest BCUT2D eigenvalue weighted by Gasteiger charge is 2.33. The number of rotatable bonds is 2. The van der Waals surface area contributed by atoms with Crippen LogP contribution in [0.5, 0.6) is 0 Å². The van der Waals surface area contributed by atoms with Crippen LogP contribution in [-0.2, 0) is 12.7 Å². The Hall–Kier alpha value is -2.47. The molecule has 0 spiro atoms. The predicted molar refractivity (Wildman–Crippen MR) is 77.9 cm³/mol. The Labute approximate surface area is 124 Å². The van der Waals surface area contributed by atoms with Gasteiger partial charge in [0.1, 0.15) is 5.69 Å². The molecule has 3 rings (SSSR count). The summed E-state index contributed by atoms with van der Waals surface area (Å²) in [6.45, 7) is -0.170. The number of nitrogens with two attached hydrogens (primary N) is 1. The van der Waals surface area contributed by atoms with Gasteiger partial charge in [-0.25, -0.2) is 0 Å². The van der Waals surface area contributed by atoms with Crippen molar-refractivity contribution in [1.82, 2.24) is 10.2 Å². The normalized spacial score (nSPS) is 11.8. The van der Waals surface area contributed by atoms with Gasteiger partial charge in [0, 0.05) is 22.9 Å². The van der Waals surface area contributed by atoms with Crippen molar-refractivity contribution in [2.75, 3.05) is 0 Å². The summed E-state index contributed by atoms with van der Waals surface area (Å²) in [7, 11) is 0. The van der Waals surface area contributed by atoms with Gasteiger partial charge in [0.05, 0.1) is 11.8 Å². The standard InChI is InChI=1S/C16H12F3N3/c17-16(18,19)14-7-10(5-6-11(14)8-20)15-13-4-2-1-3-12(13)9-21-22-15/h1-7,9H,8,20H2. The predicted octanol–water partition coefficient (Wildman–Crippen LogP) is 3.77. The third-order valence-electron chi connectivity index (χ3n) is 3.48. The Balaban J connectivity index is 2.24. The minimum absolute atomic E-state index is 0.0597. The van der Waals surface area contributed by atoms with Crippen molar-refractivity contribution >= 4 is 10.8 Å². The van der Waals surface area contributed by atoms with Crippen molar-refractivity contribution in [2.24, 2.45) is 5.73 Å². The van der Waals surface area contributed by atoms with Crippen LogP contribution in [-0.4, -0.2) is 10.2 Å². The molecule has 2 N–H and O–H groups in total. The Kier molecular flexibility index (Phi) is 3.54. The van der Waals surface area contributed by atoms with Gasteiger partial charge in [0.15, 0.2) is 0 Å². The fourth-order valence-electron chi connectivity index (χ4n) is 2.41. The van der Waals surface area contributed by atoms with Gasteiger partial charge in [-0.2, -0.15) is 18.3 Å². The minimum atomic E-state index is -4.46. The van der Waals surface area contributed by atoms with Crippen LogP contribution in [0.25, 0.3) is 22.0 Å². The second kappa shape index (κ2) is 5.38. The molecule has 3 aromatic rings. The van der Waals surface area contributed by atoms with E-state index in [-0.39, 0.29) is 12.1 Å². The van der Waals surface area contributed by atoms with E-state index in [2.05, 4.69) is 10.2 Å². The van der Waals surface area contributed by atoms with Gasteiger partial charge in [-0.3, -0.25) is 0 Å². The molecule has 22 heavy (non-hydrogen) atoms. The Morgan fingerprint density at radius 3 is 2.55 bits per heavy atom. The van der Waals surface area contributed by atoms with Crippen LogP contribution in [0.15, 0.2) is 48.7 Å². The smallest absolute Gasteiger partial charge is 0.326 e. The molecule has 0 fully saturated rings. The molecule has 0 amide bonds. The van der Waals surface area contributed by atoms with Gasteiger partial charge in [-0.05, 0) is 11.6 Å². The monoisotopic (exact) mass is 303 g/mol. The van der Waals surface area contributed by atoms with E-state index >= 15 is 0 Å². The van der Waals surface area contributed by atoms with Crippen LogP contribution in [0.2, 0.25) is 0 Å². The van der Waals surface area contributed by atoms with E-state index in [9.17, 15) is 13.2 Å². The zero-order chi connectivity index (χ0) is 15.7. The number of hydrogen-bond donors (Lipinski definition) is 1. The summed E-state index contributed by atoms with van der Waals surface area (Å²) < 4.78 is 39.5. The average molecular weight is 303 g/mol. The highest BCUT2D eigenvalue weighted by molar-refractivity contribution is 5.93. The molecule has 2 aromatic carbocycles. The van der Waals surface area contributed by atoms with E-state index in [0.29, 0.717) is 11.3 Å². The van der Waals surface area contributed by atoms with E-state index in [0.717, 1.165) is 16.8 Å². The SMILES string of the molecule is NCc1ccc(-c2nncc3ccccc23)cc1C(F)(F)F. The number of fused-ring (bicyclic) bond motifs is 1. The Bertz CT molecular complexity index is 823. The van der Waals surface area contributed by atoms with Crippen LogP contribution in [0.4, 0.5) is 13.2 Å². The van der Waals surface area contributed by atoms with Crippen LogP contribution in [0, 0.1) is 0 Å². The van der Waals surface area contributed by atoms with Gasteiger partial charge in [0.2, 0.25) is 0 Å². The minimum Gasteiger partial charge on any atom is -0.326 e. The Morgan fingerprint density at radius 2 is 1.82 bits per heavy atom. The summed E-state index contributed by atoms with van der Waals surface area (Å²) in [4.78, 5) is 0. The van der Waals surface area contributed by atoms with E-state index in [1.807, 2.05) is 24.3 Å². The van der Waals surface area contributed by atoms with Gasteiger partial charge < -0.3 is 5.73 Å². The lowest BCUT2D eigenvalue weighted by Crippen LogP contribution is -2.12. The summed E-state index contributed by atoms with van der Waals surface area (Å²) in [6, 6.07) is 11.4. The average Bonchev–Trinajstić information content (AvgIpc) is 2.53. The zero-order valence-corrected chi connectivity index (χ0v) is 11.4. The third kappa shape index (κ3) is 2.53. The molecule has 0 atom stereocenters. The molecule has 0 saturated heterocycles. The highest BCUT2D eigenvalue weighted by Crippen LogP contribution is 2.35. The number of halogens is 3. The van der Waals surface area contributed by atoms with Gasteiger partial charge in [-0.1, -0.05) is 36.4 Å². The lowest BCUT2D eigenvalue weighted by molar-refractivity contribution is -0.138. The number of hydrogen-bond acceptors (Lipinski definition) is 3. The zero-order valence-electron chi connectivity index (χ0n) is 11.4. The van der Waals surface area contributed by atoms with Crippen molar-refractivity contribution < 1.29 is 13.2 Å². The quantitative estimate of drug-likeness (QED) is 0.784. The van der Waals surface area contributed by atoms with E-state index in [1.165, 1.54) is 6.07 Å². The first-order chi connectivity index (χ1) is 10.5. The van der Waals surface area contributed by atoms with Crippen LogP contribution >= 0.6 is 0 Å². The van der Waals surface area contributed by atoms with E-state index in [4.69, 9.17) is 5.73 Å². The van der Waals surface area contributed by atoms with Gasteiger partial charge >= 0.3 is 6.18 Å². The van der Waals surface area contributed by atoms with Crippen LogP contribution in [0.3, 0.4) is 0 Å². The molecule has 6 heteroatoms. The third-order valence-corrected chi connectivity index (χ3v) is 3.48. The number of alkyl halides is 3. The van der Waals surface area contributed by atoms with Gasteiger partial charge in [0.25, 0.3) is 0 Å². The molecule has 0 aliphatic heterocycles. The summed E-state index contributed by atoms with van der Waals surface area (Å²) >= 11 is 0.